The van der Waals surface area contributed by atoms with Gasteiger partial charge in [0.1, 0.15) is 5.82 Å². The number of hydrogen-bond donors (Lipinski definition) is 1. The standard InChI is InChI=1S/C20H26ClFN2O2/c21-17-7-4-8-18(22)16(17)13-24(15-9-10-15)20(26)12-23-19(25)11-14-5-2-1-3-6-14/h4,7-8,14-15H,1-3,5-6,9-13H2,(H,23,25). The molecule has 0 atom stereocenters. The molecule has 2 aliphatic carbocycles. The van der Waals surface area contributed by atoms with Gasteiger partial charge in [0.25, 0.3) is 0 Å². The highest BCUT2D eigenvalue weighted by atomic mass is 35.5. The Morgan fingerprint density at radius 1 is 1.15 bits per heavy atom. The van der Waals surface area contributed by atoms with Gasteiger partial charge in [-0.2, -0.15) is 0 Å². The van der Waals surface area contributed by atoms with Crippen LogP contribution in [0.5, 0.6) is 0 Å². The molecule has 1 aromatic rings. The second-order valence-corrected chi connectivity index (χ2v) is 7.85. The predicted molar refractivity (Wildman–Crippen MR) is 99.2 cm³/mol. The highest BCUT2D eigenvalue weighted by Crippen LogP contribution is 2.31. The summed E-state index contributed by atoms with van der Waals surface area (Å²) >= 11 is 6.09. The highest BCUT2D eigenvalue weighted by Gasteiger charge is 2.33. The topological polar surface area (TPSA) is 49.4 Å². The number of amides is 2. The van der Waals surface area contributed by atoms with Gasteiger partial charge in [-0.3, -0.25) is 9.59 Å². The summed E-state index contributed by atoms with van der Waals surface area (Å²) in [7, 11) is 0. The Balaban J connectivity index is 1.53. The molecule has 1 N–H and O–H groups in total. The number of rotatable bonds is 7. The fourth-order valence-corrected chi connectivity index (χ4v) is 3.88. The Morgan fingerprint density at radius 2 is 1.88 bits per heavy atom. The van der Waals surface area contributed by atoms with Crippen molar-refractivity contribution in [3.63, 3.8) is 0 Å². The Labute approximate surface area is 159 Å². The lowest BCUT2D eigenvalue weighted by molar-refractivity contribution is -0.134. The SMILES string of the molecule is O=C(CC1CCCCC1)NCC(=O)N(Cc1c(F)cccc1Cl)C1CC1. The first-order valence-corrected chi connectivity index (χ1v) is 9.91. The molecule has 3 rings (SSSR count). The number of halogens is 2. The zero-order chi connectivity index (χ0) is 18.5. The van der Waals surface area contributed by atoms with Crippen molar-refractivity contribution in [2.24, 2.45) is 5.92 Å². The van der Waals surface area contributed by atoms with Crippen LogP contribution in [0.4, 0.5) is 4.39 Å². The number of nitrogens with one attached hydrogen (secondary N) is 1. The maximum Gasteiger partial charge on any atom is 0.242 e. The molecule has 0 spiro atoms. The van der Waals surface area contributed by atoms with Crippen molar-refractivity contribution in [2.45, 2.75) is 64.0 Å². The maximum atomic E-state index is 14.0. The van der Waals surface area contributed by atoms with Gasteiger partial charge in [-0.25, -0.2) is 4.39 Å². The molecule has 1 aromatic carbocycles. The lowest BCUT2D eigenvalue weighted by Gasteiger charge is -2.24. The van der Waals surface area contributed by atoms with Gasteiger partial charge in [-0.05, 0) is 43.7 Å². The summed E-state index contributed by atoms with van der Waals surface area (Å²) < 4.78 is 14.0. The third-order valence-corrected chi connectivity index (χ3v) is 5.69. The Morgan fingerprint density at radius 3 is 2.54 bits per heavy atom. The van der Waals surface area contributed by atoms with Gasteiger partial charge < -0.3 is 10.2 Å². The van der Waals surface area contributed by atoms with Crippen molar-refractivity contribution in [2.75, 3.05) is 6.54 Å². The van der Waals surface area contributed by atoms with Crippen molar-refractivity contribution < 1.29 is 14.0 Å². The van der Waals surface area contributed by atoms with E-state index in [4.69, 9.17) is 11.6 Å². The molecule has 0 aromatic heterocycles. The van der Waals surface area contributed by atoms with E-state index in [9.17, 15) is 14.0 Å². The molecule has 0 radical (unpaired) electrons. The average molecular weight is 381 g/mol. The van der Waals surface area contributed by atoms with Crippen LogP contribution < -0.4 is 5.32 Å². The molecule has 2 amide bonds. The van der Waals surface area contributed by atoms with E-state index in [0.29, 0.717) is 22.9 Å². The normalized spacial score (nSPS) is 17.8. The van der Waals surface area contributed by atoms with Gasteiger partial charge in [0.05, 0.1) is 13.1 Å². The van der Waals surface area contributed by atoms with Gasteiger partial charge in [0.2, 0.25) is 11.8 Å². The monoisotopic (exact) mass is 380 g/mol. The molecule has 142 valence electrons. The molecule has 0 heterocycles. The third kappa shape index (κ3) is 5.19. The molecule has 6 heteroatoms. The lowest BCUT2D eigenvalue weighted by atomic mass is 9.87. The minimum absolute atomic E-state index is 0.0336. The van der Waals surface area contributed by atoms with Crippen molar-refractivity contribution in [1.82, 2.24) is 10.2 Å². The summed E-state index contributed by atoms with van der Waals surface area (Å²) in [5, 5.41) is 3.07. The van der Waals surface area contributed by atoms with E-state index >= 15 is 0 Å². The van der Waals surface area contributed by atoms with Crippen LogP contribution in [0.25, 0.3) is 0 Å². The fourth-order valence-electron chi connectivity index (χ4n) is 3.66. The Hall–Kier alpha value is -1.62. The number of carbonyl (C=O) groups is 2. The van der Waals surface area contributed by atoms with Gasteiger partial charge in [0.15, 0.2) is 0 Å². The first-order valence-electron chi connectivity index (χ1n) is 9.53. The van der Waals surface area contributed by atoms with Crippen LogP contribution in [0.1, 0.15) is 56.9 Å². The molecular weight excluding hydrogens is 355 g/mol. The Kier molecular flexibility index (Phi) is 6.52. The fraction of sp³-hybridized carbons (Fsp3) is 0.600. The Bertz CT molecular complexity index is 637. The zero-order valence-electron chi connectivity index (χ0n) is 15.0. The van der Waals surface area contributed by atoms with Gasteiger partial charge in [-0.15, -0.1) is 0 Å². The number of benzene rings is 1. The van der Waals surface area contributed by atoms with E-state index in [1.54, 1.807) is 17.0 Å². The summed E-state index contributed by atoms with van der Waals surface area (Å²) in [5.41, 5.74) is 0.336. The van der Waals surface area contributed by atoms with Crippen LogP contribution >= 0.6 is 11.6 Å². The molecule has 0 saturated heterocycles. The first kappa shape index (κ1) is 19.2. The minimum atomic E-state index is -0.405. The highest BCUT2D eigenvalue weighted by molar-refractivity contribution is 6.31. The van der Waals surface area contributed by atoms with Crippen molar-refractivity contribution in [3.8, 4) is 0 Å². The van der Waals surface area contributed by atoms with E-state index in [2.05, 4.69) is 5.32 Å². The van der Waals surface area contributed by atoms with Crippen LogP contribution in [0.2, 0.25) is 5.02 Å². The van der Waals surface area contributed by atoms with E-state index < -0.39 is 5.82 Å². The number of carbonyl (C=O) groups excluding carboxylic acids is 2. The number of nitrogens with zero attached hydrogens (tertiary/aromatic N) is 1. The van der Waals surface area contributed by atoms with Crippen LogP contribution in [0.3, 0.4) is 0 Å². The first-order chi connectivity index (χ1) is 12.5. The third-order valence-electron chi connectivity index (χ3n) is 5.33. The second-order valence-electron chi connectivity index (χ2n) is 7.44. The molecule has 4 nitrogen and oxygen atoms in total. The molecule has 0 aliphatic heterocycles. The van der Waals surface area contributed by atoms with E-state index in [1.807, 2.05) is 0 Å². The maximum absolute atomic E-state index is 14.0. The summed E-state index contributed by atoms with van der Waals surface area (Å²) in [4.78, 5) is 26.4. The molecule has 2 fully saturated rings. The minimum Gasteiger partial charge on any atom is -0.347 e. The van der Waals surface area contributed by atoms with Crippen molar-refractivity contribution in [1.29, 1.82) is 0 Å². The van der Waals surface area contributed by atoms with E-state index in [1.165, 1.54) is 25.3 Å². The smallest absolute Gasteiger partial charge is 0.242 e. The van der Waals surface area contributed by atoms with Gasteiger partial charge in [-0.1, -0.05) is 36.9 Å². The van der Waals surface area contributed by atoms with Crippen LogP contribution in [-0.4, -0.2) is 29.3 Å². The van der Waals surface area contributed by atoms with Crippen LogP contribution in [0, 0.1) is 11.7 Å². The average Bonchev–Trinajstić information content (AvgIpc) is 3.45. The molecule has 0 unspecified atom stereocenters. The zero-order valence-corrected chi connectivity index (χ0v) is 15.7. The van der Waals surface area contributed by atoms with Crippen LogP contribution in [-0.2, 0) is 16.1 Å². The molecule has 26 heavy (non-hydrogen) atoms. The molecule has 0 bridgehead atoms. The van der Waals surface area contributed by atoms with E-state index in [0.717, 1.165) is 25.7 Å². The lowest BCUT2D eigenvalue weighted by Crippen LogP contribution is -2.41. The summed E-state index contributed by atoms with van der Waals surface area (Å²) in [6.45, 7) is 0.113. The van der Waals surface area contributed by atoms with Crippen molar-refractivity contribution in [3.05, 3.63) is 34.6 Å². The second kappa shape index (κ2) is 8.85. The van der Waals surface area contributed by atoms with Crippen LogP contribution in [0.15, 0.2) is 18.2 Å². The van der Waals surface area contributed by atoms with E-state index in [-0.39, 0.29) is 30.9 Å². The van der Waals surface area contributed by atoms with Gasteiger partial charge in [0, 0.05) is 23.0 Å². The van der Waals surface area contributed by atoms with Crippen molar-refractivity contribution >= 4 is 23.4 Å². The summed E-state index contributed by atoms with van der Waals surface area (Å²) in [6, 6.07) is 4.65. The quantitative estimate of drug-likeness (QED) is 0.775. The summed E-state index contributed by atoms with van der Waals surface area (Å²) in [5.74, 6) is -0.207. The largest absolute Gasteiger partial charge is 0.347 e. The molecule has 2 aliphatic rings. The molecule has 2 saturated carbocycles. The summed E-state index contributed by atoms with van der Waals surface area (Å²) in [6.07, 6.45) is 8.15. The van der Waals surface area contributed by atoms with Gasteiger partial charge >= 0.3 is 0 Å². The predicted octanol–water partition coefficient (Wildman–Crippen LogP) is 4.06. The number of hydrogen-bond acceptors (Lipinski definition) is 2. The molecular formula is C20H26ClFN2O2.